The Balaban J connectivity index is 1.18. The predicted octanol–water partition coefficient (Wildman–Crippen LogP) is 15.6. The molecule has 0 unspecified atom stereocenters. The quantitative estimate of drug-likeness (QED) is 0.170. The number of anilines is 3. The molecule has 0 aliphatic rings. The lowest BCUT2D eigenvalue weighted by Gasteiger charge is -2.27. The Morgan fingerprint density at radius 2 is 1.00 bits per heavy atom. The molecule has 11 aromatic rings. The first-order chi connectivity index (χ1) is 27.2. The van der Waals surface area contributed by atoms with Gasteiger partial charge in [-0.15, -0.1) is 11.3 Å². The van der Waals surface area contributed by atoms with Gasteiger partial charge in [-0.25, -0.2) is 0 Å². The minimum atomic E-state index is 0.883. The van der Waals surface area contributed by atoms with Gasteiger partial charge in [-0.1, -0.05) is 146 Å². The smallest absolute Gasteiger partial charge is 0.135 e. The summed E-state index contributed by atoms with van der Waals surface area (Å²) in [6.07, 6.45) is 0. The van der Waals surface area contributed by atoms with Crippen molar-refractivity contribution in [1.29, 1.82) is 0 Å². The van der Waals surface area contributed by atoms with Gasteiger partial charge >= 0.3 is 0 Å². The van der Waals surface area contributed by atoms with Crippen molar-refractivity contribution in [1.82, 2.24) is 0 Å². The van der Waals surface area contributed by atoms with E-state index < -0.39 is 0 Å². The van der Waals surface area contributed by atoms with Gasteiger partial charge in [0.15, 0.2) is 0 Å². The highest BCUT2D eigenvalue weighted by atomic mass is 32.1. The fraction of sp³-hybridized carbons (Fsp3) is 0. The van der Waals surface area contributed by atoms with Crippen molar-refractivity contribution in [2.24, 2.45) is 0 Å². The Labute approximate surface area is 322 Å². The van der Waals surface area contributed by atoms with Crippen LogP contribution >= 0.6 is 11.3 Å². The van der Waals surface area contributed by atoms with Crippen molar-refractivity contribution < 1.29 is 4.42 Å². The van der Waals surface area contributed by atoms with Crippen LogP contribution in [-0.2, 0) is 0 Å². The van der Waals surface area contributed by atoms with Gasteiger partial charge in [0.1, 0.15) is 11.2 Å². The van der Waals surface area contributed by atoms with E-state index in [2.05, 4.69) is 193 Å². The third kappa shape index (κ3) is 5.40. The van der Waals surface area contributed by atoms with Crippen molar-refractivity contribution >= 4 is 81.3 Å². The molecule has 0 saturated heterocycles. The van der Waals surface area contributed by atoms with Crippen LogP contribution < -0.4 is 4.90 Å². The van der Waals surface area contributed by atoms with E-state index in [0.717, 1.165) is 39.0 Å². The summed E-state index contributed by atoms with van der Waals surface area (Å²) in [5.41, 5.74) is 12.3. The van der Waals surface area contributed by atoms with E-state index in [-0.39, 0.29) is 0 Å². The summed E-state index contributed by atoms with van der Waals surface area (Å²) in [7, 11) is 0. The van der Waals surface area contributed by atoms with Gasteiger partial charge in [0.2, 0.25) is 0 Å². The molecule has 9 aromatic carbocycles. The maximum Gasteiger partial charge on any atom is 0.135 e. The summed E-state index contributed by atoms with van der Waals surface area (Å²) in [6.45, 7) is 0. The summed E-state index contributed by atoms with van der Waals surface area (Å²) in [5.74, 6) is 0. The minimum Gasteiger partial charge on any atom is -0.456 e. The number of rotatable bonds is 6. The third-order valence-electron chi connectivity index (χ3n) is 10.8. The molecule has 0 radical (unpaired) electrons. The predicted molar refractivity (Wildman–Crippen MR) is 235 cm³/mol. The number of fused-ring (bicyclic) bond motifs is 7. The number of para-hydroxylation sites is 1. The molecular weight excluding hydrogens is 687 g/mol. The molecule has 55 heavy (non-hydrogen) atoms. The Bertz CT molecular complexity index is 3190. The van der Waals surface area contributed by atoms with Crippen molar-refractivity contribution in [2.45, 2.75) is 0 Å². The largest absolute Gasteiger partial charge is 0.456 e. The molecule has 0 spiro atoms. The molecule has 0 aliphatic heterocycles. The molecule has 0 bridgehead atoms. The maximum absolute atomic E-state index is 6.32. The normalized spacial score (nSPS) is 11.6. The van der Waals surface area contributed by atoms with Crippen LogP contribution in [0.15, 0.2) is 205 Å². The second kappa shape index (κ2) is 12.9. The summed E-state index contributed by atoms with van der Waals surface area (Å²) in [4.78, 5) is 2.44. The molecule has 11 rings (SSSR count). The first-order valence-electron chi connectivity index (χ1n) is 18.7. The summed E-state index contributed by atoms with van der Waals surface area (Å²) < 4.78 is 8.85. The van der Waals surface area contributed by atoms with Crippen LogP contribution in [0.5, 0.6) is 0 Å². The van der Waals surface area contributed by atoms with E-state index in [0.29, 0.717) is 0 Å². The van der Waals surface area contributed by atoms with Gasteiger partial charge in [0, 0.05) is 37.6 Å². The van der Waals surface area contributed by atoms with Crippen LogP contribution in [-0.4, -0.2) is 0 Å². The Morgan fingerprint density at radius 1 is 0.345 bits per heavy atom. The van der Waals surface area contributed by atoms with Crippen molar-refractivity contribution in [3.63, 3.8) is 0 Å². The molecule has 0 saturated carbocycles. The fourth-order valence-electron chi connectivity index (χ4n) is 8.14. The lowest BCUT2D eigenvalue weighted by Crippen LogP contribution is -2.10. The molecule has 0 atom stereocenters. The lowest BCUT2D eigenvalue weighted by atomic mass is 9.98. The molecule has 3 heteroatoms. The van der Waals surface area contributed by atoms with Crippen molar-refractivity contribution in [2.75, 3.05) is 4.90 Å². The SMILES string of the molecule is c1ccc(-c2cc(N(c3ccc(-c4ccc5ccccc5c4)cc3)c3ccc4oc5ccccc5c4c3)c3sc4c(-c5ccccc5)cccc4c3c2)cc1. The lowest BCUT2D eigenvalue weighted by molar-refractivity contribution is 0.669. The summed E-state index contributed by atoms with van der Waals surface area (Å²) in [6, 6.07) is 72.3. The topological polar surface area (TPSA) is 16.4 Å². The zero-order valence-electron chi connectivity index (χ0n) is 29.8. The fourth-order valence-corrected chi connectivity index (χ4v) is 9.46. The van der Waals surface area contributed by atoms with Crippen LogP contribution in [0.25, 0.3) is 86.3 Å². The average molecular weight is 720 g/mol. The number of benzene rings is 9. The van der Waals surface area contributed by atoms with Gasteiger partial charge in [-0.3, -0.25) is 0 Å². The van der Waals surface area contributed by atoms with E-state index in [1.165, 1.54) is 64.3 Å². The standard InChI is InChI=1S/C52H33NOS/c1-3-12-34(13-4-1)40-31-47-45-20-11-19-43(37-15-5-2-6-16-37)51(45)55-52(47)48(32-40)53(42-28-29-50-46(33-42)44-18-9-10-21-49(44)54-50)41-26-24-36(25-27-41)39-23-22-35-14-7-8-17-38(35)30-39/h1-33H. The van der Waals surface area contributed by atoms with E-state index in [1.54, 1.807) is 0 Å². The molecule has 0 aliphatic carbocycles. The molecule has 0 N–H and O–H groups in total. The van der Waals surface area contributed by atoms with Crippen molar-refractivity contribution in [3.8, 4) is 33.4 Å². The van der Waals surface area contributed by atoms with Crippen molar-refractivity contribution in [3.05, 3.63) is 200 Å². The highest BCUT2D eigenvalue weighted by Crippen LogP contribution is 2.49. The third-order valence-corrected chi connectivity index (χ3v) is 12.1. The maximum atomic E-state index is 6.32. The van der Waals surface area contributed by atoms with Crippen LogP contribution in [0.4, 0.5) is 17.1 Å². The van der Waals surface area contributed by atoms with E-state index in [1.807, 2.05) is 23.5 Å². The van der Waals surface area contributed by atoms with Gasteiger partial charge in [-0.05, 0) is 98.8 Å². The first-order valence-corrected chi connectivity index (χ1v) is 19.5. The first kappa shape index (κ1) is 31.6. The van der Waals surface area contributed by atoms with Crippen LogP contribution in [0.1, 0.15) is 0 Å². The van der Waals surface area contributed by atoms with E-state index in [4.69, 9.17) is 4.42 Å². The van der Waals surface area contributed by atoms with E-state index in [9.17, 15) is 0 Å². The molecule has 2 nitrogen and oxygen atoms in total. The zero-order chi connectivity index (χ0) is 36.3. The van der Waals surface area contributed by atoms with Crippen LogP contribution in [0, 0.1) is 0 Å². The zero-order valence-corrected chi connectivity index (χ0v) is 30.6. The number of furan rings is 1. The number of hydrogen-bond donors (Lipinski definition) is 0. The summed E-state index contributed by atoms with van der Waals surface area (Å²) >= 11 is 1.88. The number of nitrogens with zero attached hydrogens (tertiary/aromatic N) is 1. The second-order valence-corrected chi connectivity index (χ2v) is 15.1. The van der Waals surface area contributed by atoms with Gasteiger partial charge in [-0.2, -0.15) is 0 Å². The molecule has 2 heterocycles. The molecule has 258 valence electrons. The average Bonchev–Trinajstić information content (AvgIpc) is 3.83. The number of thiophene rings is 1. The van der Waals surface area contributed by atoms with Crippen LogP contribution in [0.2, 0.25) is 0 Å². The van der Waals surface area contributed by atoms with Gasteiger partial charge < -0.3 is 9.32 Å². The Kier molecular flexibility index (Phi) is 7.39. The summed E-state index contributed by atoms with van der Waals surface area (Å²) in [5, 5.41) is 7.22. The Hall–Kier alpha value is -6.94. The van der Waals surface area contributed by atoms with Gasteiger partial charge in [0.05, 0.1) is 10.4 Å². The molecule has 2 aromatic heterocycles. The van der Waals surface area contributed by atoms with Crippen LogP contribution in [0.3, 0.4) is 0 Å². The molecular formula is C52H33NOS. The second-order valence-electron chi connectivity index (χ2n) is 14.1. The minimum absolute atomic E-state index is 0.883. The Morgan fingerprint density at radius 3 is 1.84 bits per heavy atom. The molecule has 0 amide bonds. The van der Waals surface area contributed by atoms with Gasteiger partial charge in [0.25, 0.3) is 0 Å². The molecule has 0 fully saturated rings. The number of hydrogen-bond acceptors (Lipinski definition) is 3. The van der Waals surface area contributed by atoms with E-state index >= 15 is 0 Å². The monoisotopic (exact) mass is 719 g/mol. The highest BCUT2D eigenvalue weighted by molar-refractivity contribution is 7.27. The highest BCUT2D eigenvalue weighted by Gasteiger charge is 2.22.